The second-order valence-electron chi connectivity index (χ2n) is 2.00. The summed E-state index contributed by atoms with van der Waals surface area (Å²) in [5.74, 6) is 0. The van der Waals surface area contributed by atoms with Crippen LogP contribution in [0.2, 0.25) is 0 Å². The van der Waals surface area contributed by atoms with Gasteiger partial charge in [-0.25, -0.2) is 0 Å². The van der Waals surface area contributed by atoms with Crippen molar-refractivity contribution in [1.29, 1.82) is 0 Å². The van der Waals surface area contributed by atoms with E-state index in [-0.39, 0.29) is 0 Å². The third-order valence-corrected chi connectivity index (χ3v) is 1.26. The lowest BCUT2D eigenvalue weighted by Crippen LogP contribution is -2.13. The molecule has 1 aliphatic rings. The van der Waals surface area contributed by atoms with Crippen molar-refractivity contribution in [3.8, 4) is 0 Å². The van der Waals surface area contributed by atoms with E-state index in [0.29, 0.717) is 6.61 Å². The maximum atomic E-state index is 4.88. The second kappa shape index (κ2) is 3.48. The van der Waals surface area contributed by atoms with Gasteiger partial charge < -0.3 is 5.32 Å². The first kappa shape index (κ1) is 6.58. The van der Waals surface area contributed by atoms with Crippen molar-refractivity contribution in [3.63, 3.8) is 0 Å². The monoisotopic (exact) mass is 128 g/mol. The molecule has 52 valence electrons. The SMILES string of the molecule is CNCCC1=CCON1. The van der Waals surface area contributed by atoms with Gasteiger partial charge in [0.1, 0.15) is 0 Å². The van der Waals surface area contributed by atoms with Crippen molar-refractivity contribution in [2.75, 3.05) is 20.2 Å². The zero-order valence-corrected chi connectivity index (χ0v) is 5.61. The van der Waals surface area contributed by atoms with Crippen LogP contribution in [0.25, 0.3) is 0 Å². The van der Waals surface area contributed by atoms with E-state index in [1.54, 1.807) is 0 Å². The summed E-state index contributed by atoms with van der Waals surface area (Å²) in [6.45, 7) is 1.71. The predicted molar refractivity (Wildman–Crippen MR) is 35.7 cm³/mol. The third kappa shape index (κ3) is 2.03. The standard InChI is InChI=1S/C6H12N2O/c1-7-4-2-6-3-5-9-8-6/h3,7-8H,2,4-5H2,1H3. The molecule has 0 aliphatic carbocycles. The van der Waals surface area contributed by atoms with Gasteiger partial charge in [-0.2, -0.15) is 0 Å². The van der Waals surface area contributed by atoms with Crippen LogP contribution in [0.1, 0.15) is 6.42 Å². The van der Waals surface area contributed by atoms with Gasteiger partial charge in [-0.15, -0.1) is 0 Å². The summed E-state index contributed by atoms with van der Waals surface area (Å²) >= 11 is 0. The van der Waals surface area contributed by atoms with Gasteiger partial charge in [0.25, 0.3) is 0 Å². The molecule has 1 rings (SSSR count). The molecule has 2 N–H and O–H groups in total. The van der Waals surface area contributed by atoms with Crippen LogP contribution in [0.4, 0.5) is 0 Å². The second-order valence-corrected chi connectivity index (χ2v) is 2.00. The minimum absolute atomic E-state index is 0.707. The summed E-state index contributed by atoms with van der Waals surface area (Å²) in [6.07, 6.45) is 3.08. The van der Waals surface area contributed by atoms with Crippen molar-refractivity contribution in [1.82, 2.24) is 10.8 Å². The number of hydrogen-bond acceptors (Lipinski definition) is 3. The predicted octanol–water partition coefficient (Wildman–Crippen LogP) is 0.0146. The van der Waals surface area contributed by atoms with Crippen molar-refractivity contribution in [3.05, 3.63) is 11.8 Å². The molecule has 0 unspecified atom stereocenters. The topological polar surface area (TPSA) is 33.3 Å². The van der Waals surface area contributed by atoms with Gasteiger partial charge in [-0.3, -0.25) is 10.3 Å². The molecule has 1 heterocycles. The zero-order chi connectivity index (χ0) is 6.53. The van der Waals surface area contributed by atoms with E-state index in [1.165, 1.54) is 5.70 Å². The highest BCUT2D eigenvalue weighted by Gasteiger charge is 2.00. The fourth-order valence-electron chi connectivity index (χ4n) is 0.731. The number of hydroxylamine groups is 1. The lowest BCUT2D eigenvalue weighted by molar-refractivity contribution is 0.107. The van der Waals surface area contributed by atoms with Crippen molar-refractivity contribution < 1.29 is 4.84 Å². The average Bonchev–Trinajstić information content (AvgIpc) is 2.34. The summed E-state index contributed by atoms with van der Waals surface area (Å²) in [4.78, 5) is 4.88. The van der Waals surface area contributed by atoms with Gasteiger partial charge in [-0.05, 0) is 13.1 Å². The molecule has 0 amide bonds. The molecule has 0 aromatic rings. The first-order chi connectivity index (χ1) is 4.43. The average molecular weight is 128 g/mol. The maximum Gasteiger partial charge on any atom is 0.0947 e. The molecule has 0 bridgehead atoms. The largest absolute Gasteiger partial charge is 0.319 e. The Labute approximate surface area is 55.0 Å². The lowest BCUT2D eigenvalue weighted by atomic mass is 10.3. The van der Waals surface area contributed by atoms with Gasteiger partial charge in [0.05, 0.1) is 6.61 Å². The molecule has 0 spiro atoms. The first-order valence-electron chi connectivity index (χ1n) is 3.15. The number of nitrogens with one attached hydrogen (secondary N) is 2. The number of hydrogen-bond donors (Lipinski definition) is 2. The van der Waals surface area contributed by atoms with Crippen LogP contribution in [-0.4, -0.2) is 20.2 Å². The molecule has 0 saturated heterocycles. The molecule has 0 fully saturated rings. The minimum atomic E-state index is 0.707. The van der Waals surface area contributed by atoms with Crippen LogP contribution in [-0.2, 0) is 4.84 Å². The molecular weight excluding hydrogens is 116 g/mol. The lowest BCUT2D eigenvalue weighted by Gasteiger charge is -2.00. The summed E-state index contributed by atoms with van der Waals surface area (Å²) in [5.41, 5.74) is 4.00. The van der Waals surface area contributed by atoms with Crippen LogP contribution >= 0.6 is 0 Å². The van der Waals surface area contributed by atoms with E-state index in [4.69, 9.17) is 4.84 Å². The Balaban J connectivity index is 2.11. The minimum Gasteiger partial charge on any atom is -0.319 e. The third-order valence-electron chi connectivity index (χ3n) is 1.26. The van der Waals surface area contributed by atoms with Gasteiger partial charge in [-0.1, -0.05) is 0 Å². The van der Waals surface area contributed by atoms with E-state index in [2.05, 4.69) is 16.9 Å². The Morgan fingerprint density at radius 3 is 3.33 bits per heavy atom. The first-order valence-corrected chi connectivity index (χ1v) is 3.15. The number of rotatable bonds is 3. The smallest absolute Gasteiger partial charge is 0.0947 e. The van der Waals surface area contributed by atoms with Crippen molar-refractivity contribution >= 4 is 0 Å². The fourth-order valence-corrected chi connectivity index (χ4v) is 0.731. The van der Waals surface area contributed by atoms with Crippen LogP contribution in [0.15, 0.2) is 11.8 Å². The van der Waals surface area contributed by atoms with Crippen molar-refractivity contribution in [2.45, 2.75) is 6.42 Å². The Morgan fingerprint density at radius 2 is 2.78 bits per heavy atom. The molecule has 1 aliphatic heterocycles. The quantitative estimate of drug-likeness (QED) is 0.562. The van der Waals surface area contributed by atoms with E-state index in [0.717, 1.165) is 13.0 Å². The van der Waals surface area contributed by atoms with E-state index < -0.39 is 0 Å². The van der Waals surface area contributed by atoms with E-state index in [9.17, 15) is 0 Å². The van der Waals surface area contributed by atoms with Gasteiger partial charge in [0.15, 0.2) is 0 Å². The van der Waals surface area contributed by atoms with Crippen LogP contribution < -0.4 is 10.8 Å². The molecular formula is C6H12N2O. The normalized spacial score (nSPS) is 17.2. The van der Waals surface area contributed by atoms with Gasteiger partial charge in [0.2, 0.25) is 0 Å². The van der Waals surface area contributed by atoms with Gasteiger partial charge >= 0.3 is 0 Å². The Morgan fingerprint density at radius 1 is 1.89 bits per heavy atom. The summed E-state index contributed by atoms with van der Waals surface area (Å²) in [7, 11) is 1.94. The highest BCUT2D eigenvalue weighted by molar-refractivity contribution is 5.01. The Kier molecular flexibility index (Phi) is 2.54. The molecule has 9 heavy (non-hydrogen) atoms. The molecule has 0 aromatic heterocycles. The van der Waals surface area contributed by atoms with E-state index >= 15 is 0 Å². The summed E-state index contributed by atoms with van der Waals surface area (Å²) in [5, 5.41) is 3.06. The summed E-state index contributed by atoms with van der Waals surface area (Å²) < 4.78 is 0. The highest BCUT2D eigenvalue weighted by Crippen LogP contribution is 2.00. The van der Waals surface area contributed by atoms with Crippen molar-refractivity contribution in [2.24, 2.45) is 0 Å². The van der Waals surface area contributed by atoms with Gasteiger partial charge in [0, 0.05) is 18.7 Å². The molecule has 3 nitrogen and oxygen atoms in total. The molecule has 3 heteroatoms. The molecule has 0 aromatic carbocycles. The Bertz CT molecular complexity index is 112. The highest BCUT2D eigenvalue weighted by atomic mass is 16.6. The molecule has 0 saturated carbocycles. The molecule has 0 radical (unpaired) electrons. The Hall–Kier alpha value is -0.540. The molecule has 0 atom stereocenters. The van der Waals surface area contributed by atoms with Crippen LogP contribution in [0.5, 0.6) is 0 Å². The fraction of sp³-hybridized carbons (Fsp3) is 0.667. The zero-order valence-electron chi connectivity index (χ0n) is 5.61. The van der Waals surface area contributed by atoms with Crippen LogP contribution in [0.3, 0.4) is 0 Å². The van der Waals surface area contributed by atoms with Crippen LogP contribution in [0, 0.1) is 0 Å². The summed E-state index contributed by atoms with van der Waals surface area (Å²) in [6, 6.07) is 0. The maximum absolute atomic E-state index is 4.88. The van der Waals surface area contributed by atoms with E-state index in [1.807, 2.05) is 7.05 Å².